The van der Waals surface area contributed by atoms with Crippen LogP contribution in [0.1, 0.15) is 117 Å². The van der Waals surface area contributed by atoms with Gasteiger partial charge in [-0.15, -0.1) is 0 Å². The van der Waals surface area contributed by atoms with Gasteiger partial charge in [0.2, 0.25) is 0 Å². The third-order valence-electron chi connectivity index (χ3n) is 4.62. The molecule has 0 spiro atoms. The number of ether oxygens (including phenoxy) is 1. The predicted octanol–water partition coefficient (Wildman–Crippen LogP) is 4.67. The third-order valence-corrected chi connectivity index (χ3v) is 4.62. The number of carbonyl (C=O) groups is 2. The largest absolute Gasteiger partial charge is 0.394 e. The first-order valence-electron chi connectivity index (χ1n) is 11.6. The molecule has 0 aliphatic heterocycles. The Labute approximate surface area is 178 Å². The highest BCUT2D eigenvalue weighted by molar-refractivity contribution is 5.85. The molecule has 0 saturated heterocycles. The molecule has 6 heteroatoms. The SMILES string of the molecule is CCCCCCCCCC(=O)OC(=O)CCCCCCCCC.OCC(O)CO. The maximum Gasteiger partial charge on any atom is 0.313 e. The lowest BCUT2D eigenvalue weighted by Crippen LogP contribution is -2.15. The number of aliphatic hydroxyl groups is 3. The van der Waals surface area contributed by atoms with Crippen molar-refractivity contribution >= 4 is 11.9 Å². The second-order valence-corrected chi connectivity index (χ2v) is 7.61. The van der Waals surface area contributed by atoms with E-state index in [1.165, 1.54) is 64.2 Å². The highest BCUT2D eigenvalue weighted by atomic mass is 16.6. The molecule has 0 aromatic heterocycles. The van der Waals surface area contributed by atoms with E-state index in [0.29, 0.717) is 12.8 Å². The van der Waals surface area contributed by atoms with Crippen LogP contribution >= 0.6 is 0 Å². The second-order valence-electron chi connectivity index (χ2n) is 7.61. The van der Waals surface area contributed by atoms with E-state index in [0.717, 1.165) is 25.7 Å². The first kappa shape index (κ1) is 30.2. The minimum absolute atomic E-state index is 0.341. The van der Waals surface area contributed by atoms with Crippen molar-refractivity contribution in [2.75, 3.05) is 13.2 Å². The standard InChI is InChI=1S/C20H38O3.C3H8O3/c1-3-5-7-9-11-13-15-17-19(21)23-20(22)18-16-14-12-10-8-6-4-2;4-1-3(6)2-5/h3-18H2,1-2H3;3-6H,1-2H2. The Morgan fingerprint density at radius 1 is 0.621 bits per heavy atom. The van der Waals surface area contributed by atoms with Gasteiger partial charge >= 0.3 is 11.9 Å². The van der Waals surface area contributed by atoms with Crippen molar-refractivity contribution in [1.82, 2.24) is 0 Å². The average Bonchev–Trinajstić information content (AvgIpc) is 2.72. The minimum Gasteiger partial charge on any atom is -0.394 e. The normalized spacial score (nSPS) is 10.6. The Morgan fingerprint density at radius 2 is 0.931 bits per heavy atom. The van der Waals surface area contributed by atoms with Crippen LogP contribution in [-0.2, 0) is 14.3 Å². The molecule has 174 valence electrons. The molecule has 0 unspecified atom stereocenters. The summed E-state index contributed by atoms with van der Waals surface area (Å²) >= 11 is 0. The van der Waals surface area contributed by atoms with E-state index in [9.17, 15) is 9.59 Å². The molecule has 0 fully saturated rings. The maximum absolute atomic E-state index is 11.6. The van der Waals surface area contributed by atoms with Gasteiger partial charge in [0.1, 0.15) is 6.10 Å². The number of unbranched alkanes of at least 4 members (excludes halogenated alkanes) is 12. The number of hydrogen-bond acceptors (Lipinski definition) is 6. The van der Waals surface area contributed by atoms with Gasteiger partial charge in [-0.25, -0.2) is 0 Å². The summed E-state index contributed by atoms with van der Waals surface area (Å²) in [6.07, 6.45) is 16.2. The van der Waals surface area contributed by atoms with Crippen LogP contribution in [0.2, 0.25) is 0 Å². The smallest absolute Gasteiger partial charge is 0.313 e. The molecule has 3 N–H and O–H groups in total. The first-order valence-corrected chi connectivity index (χ1v) is 11.6. The quantitative estimate of drug-likeness (QED) is 0.170. The van der Waals surface area contributed by atoms with E-state index in [2.05, 4.69) is 13.8 Å². The fraction of sp³-hybridized carbons (Fsp3) is 0.913. The summed E-state index contributed by atoms with van der Waals surface area (Å²) in [7, 11) is 0. The van der Waals surface area contributed by atoms with Gasteiger partial charge in [0, 0.05) is 12.8 Å². The van der Waals surface area contributed by atoms with E-state index in [1.807, 2.05) is 0 Å². The number of rotatable bonds is 18. The van der Waals surface area contributed by atoms with E-state index in [1.54, 1.807) is 0 Å². The zero-order valence-electron chi connectivity index (χ0n) is 18.9. The third kappa shape index (κ3) is 27.0. The molecule has 0 atom stereocenters. The van der Waals surface area contributed by atoms with Gasteiger partial charge in [-0.2, -0.15) is 0 Å². The Balaban J connectivity index is 0. The van der Waals surface area contributed by atoms with Crippen LogP contribution in [0.25, 0.3) is 0 Å². The summed E-state index contributed by atoms with van der Waals surface area (Å²) in [5, 5.41) is 24.0. The lowest BCUT2D eigenvalue weighted by Gasteiger charge is -2.04. The van der Waals surface area contributed by atoms with Crippen LogP contribution in [0, 0.1) is 0 Å². The van der Waals surface area contributed by atoms with Crippen LogP contribution < -0.4 is 0 Å². The highest BCUT2D eigenvalue weighted by Crippen LogP contribution is 2.11. The molecule has 0 aliphatic rings. The molecular weight excluding hydrogens is 372 g/mol. The molecule has 29 heavy (non-hydrogen) atoms. The van der Waals surface area contributed by atoms with Crippen molar-refractivity contribution in [3.05, 3.63) is 0 Å². The van der Waals surface area contributed by atoms with Gasteiger partial charge in [0.05, 0.1) is 13.2 Å². The minimum atomic E-state index is -0.954. The topological polar surface area (TPSA) is 104 Å². The molecule has 0 aromatic carbocycles. The van der Waals surface area contributed by atoms with Gasteiger partial charge < -0.3 is 20.1 Å². The fourth-order valence-corrected chi connectivity index (χ4v) is 2.74. The summed E-state index contributed by atoms with van der Waals surface area (Å²) in [4.78, 5) is 23.1. The lowest BCUT2D eigenvalue weighted by molar-refractivity contribution is -0.159. The average molecular weight is 419 g/mol. The molecule has 0 aliphatic carbocycles. The Morgan fingerprint density at radius 3 is 1.21 bits per heavy atom. The lowest BCUT2D eigenvalue weighted by atomic mass is 10.1. The number of esters is 2. The van der Waals surface area contributed by atoms with Crippen molar-refractivity contribution in [2.24, 2.45) is 0 Å². The van der Waals surface area contributed by atoms with Crippen molar-refractivity contribution in [2.45, 2.75) is 123 Å². The Kier molecular flexibility index (Phi) is 26.1. The molecule has 0 radical (unpaired) electrons. The van der Waals surface area contributed by atoms with Crippen LogP contribution in [-0.4, -0.2) is 46.6 Å². The predicted molar refractivity (Wildman–Crippen MR) is 116 cm³/mol. The van der Waals surface area contributed by atoms with Crippen molar-refractivity contribution in [3.63, 3.8) is 0 Å². The van der Waals surface area contributed by atoms with Gasteiger partial charge in [0.15, 0.2) is 0 Å². The molecule has 0 aromatic rings. The van der Waals surface area contributed by atoms with Gasteiger partial charge in [-0.3, -0.25) is 9.59 Å². The molecule has 0 saturated carbocycles. The zero-order valence-corrected chi connectivity index (χ0v) is 18.9. The molecule has 0 bridgehead atoms. The molecule has 6 nitrogen and oxygen atoms in total. The number of aliphatic hydroxyl groups excluding tert-OH is 3. The summed E-state index contributed by atoms with van der Waals surface area (Å²) in [6.45, 7) is 3.69. The zero-order chi connectivity index (χ0) is 22.2. The Bertz CT molecular complexity index is 327. The molecule has 0 amide bonds. The van der Waals surface area contributed by atoms with Crippen molar-refractivity contribution in [3.8, 4) is 0 Å². The van der Waals surface area contributed by atoms with Gasteiger partial charge in [0.25, 0.3) is 0 Å². The molecular formula is C23H46O6. The fourth-order valence-electron chi connectivity index (χ4n) is 2.74. The van der Waals surface area contributed by atoms with E-state index < -0.39 is 6.10 Å². The van der Waals surface area contributed by atoms with Crippen molar-refractivity contribution < 1.29 is 29.6 Å². The summed E-state index contributed by atoms with van der Waals surface area (Å²) in [5.74, 6) is -0.682. The van der Waals surface area contributed by atoms with Crippen LogP contribution in [0.3, 0.4) is 0 Å². The monoisotopic (exact) mass is 418 g/mol. The van der Waals surface area contributed by atoms with Crippen molar-refractivity contribution in [1.29, 1.82) is 0 Å². The molecule has 0 heterocycles. The summed E-state index contributed by atoms with van der Waals surface area (Å²) in [6, 6.07) is 0. The van der Waals surface area contributed by atoms with Crippen LogP contribution in [0.15, 0.2) is 0 Å². The number of hydrogen-bond donors (Lipinski definition) is 3. The van der Waals surface area contributed by atoms with Crippen LogP contribution in [0.4, 0.5) is 0 Å². The van der Waals surface area contributed by atoms with Crippen LogP contribution in [0.5, 0.6) is 0 Å². The van der Waals surface area contributed by atoms with Gasteiger partial charge in [-0.1, -0.05) is 90.9 Å². The second kappa shape index (κ2) is 25.1. The summed E-state index contributed by atoms with van der Waals surface area (Å²) < 4.78 is 4.86. The highest BCUT2D eigenvalue weighted by Gasteiger charge is 2.09. The Hall–Kier alpha value is -0.980. The van der Waals surface area contributed by atoms with Gasteiger partial charge in [-0.05, 0) is 12.8 Å². The summed E-state index contributed by atoms with van der Waals surface area (Å²) in [5.41, 5.74) is 0. The molecule has 0 rings (SSSR count). The van der Waals surface area contributed by atoms with E-state index in [-0.39, 0.29) is 25.2 Å². The van der Waals surface area contributed by atoms with E-state index >= 15 is 0 Å². The maximum atomic E-state index is 11.6. The number of carbonyl (C=O) groups excluding carboxylic acids is 2. The van der Waals surface area contributed by atoms with E-state index in [4.69, 9.17) is 20.1 Å². The first-order chi connectivity index (χ1) is 14.0.